The predicted octanol–water partition coefficient (Wildman–Crippen LogP) is 3.07. The Morgan fingerprint density at radius 1 is 1.18 bits per heavy atom. The summed E-state index contributed by atoms with van der Waals surface area (Å²) in [4.78, 5) is 3.87. The van der Waals surface area contributed by atoms with Gasteiger partial charge >= 0.3 is 6.18 Å². The summed E-state index contributed by atoms with van der Waals surface area (Å²) < 4.78 is 63.1. The molecule has 0 N–H and O–H groups in total. The van der Waals surface area contributed by atoms with Gasteiger partial charge in [-0.15, -0.1) is 0 Å². The molecule has 0 amide bonds. The smallest absolute Gasteiger partial charge is 0.266 e. The van der Waals surface area contributed by atoms with Crippen LogP contribution in [0.5, 0.6) is 0 Å². The third-order valence-electron chi connectivity index (χ3n) is 2.91. The van der Waals surface area contributed by atoms with Gasteiger partial charge in [0, 0.05) is 12.4 Å². The number of anilines is 1. The van der Waals surface area contributed by atoms with E-state index in [4.69, 9.17) is 0 Å². The van der Waals surface area contributed by atoms with E-state index in [0.717, 1.165) is 22.7 Å². The molecule has 0 aliphatic carbocycles. The molecule has 2 rings (SSSR count). The van der Waals surface area contributed by atoms with Crippen molar-refractivity contribution in [3.63, 3.8) is 0 Å². The quantitative estimate of drug-likeness (QED) is 0.866. The van der Waals surface area contributed by atoms with Crippen molar-refractivity contribution in [2.24, 2.45) is 0 Å². The Labute approximate surface area is 126 Å². The van der Waals surface area contributed by atoms with E-state index in [0.29, 0.717) is 5.56 Å². The van der Waals surface area contributed by atoms with Crippen LogP contribution in [0.1, 0.15) is 11.1 Å². The Kier molecular flexibility index (Phi) is 4.41. The number of rotatable bonds is 4. The van der Waals surface area contributed by atoms with Crippen LogP contribution < -0.4 is 4.31 Å². The molecule has 4 nitrogen and oxygen atoms in total. The van der Waals surface area contributed by atoms with E-state index < -0.39 is 21.8 Å². The Morgan fingerprint density at radius 3 is 2.45 bits per heavy atom. The highest BCUT2D eigenvalue weighted by Gasteiger charge is 2.31. The molecule has 1 aromatic carbocycles. The van der Waals surface area contributed by atoms with Crippen LogP contribution in [0.15, 0.2) is 48.8 Å². The average molecular weight is 330 g/mol. The molecule has 0 radical (unpaired) electrons. The van der Waals surface area contributed by atoms with Crippen LogP contribution in [0.4, 0.5) is 18.9 Å². The van der Waals surface area contributed by atoms with Crippen LogP contribution >= 0.6 is 0 Å². The molecule has 0 aliphatic rings. The maximum Gasteiger partial charge on any atom is 0.416 e. The third kappa shape index (κ3) is 3.97. The second kappa shape index (κ2) is 5.96. The van der Waals surface area contributed by atoms with Crippen molar-refractivity contribution in [3.8, 4) is 0 Å². The molecule has 0 aliphatic heterocycles. The first-order chi connectivity index (χ1) is 10.2. The number of alkyl halides is 3. The van der Waals surface area contributed by atoms with E-state index in [2.05, 4.69) is 4.98 Å². The summed E-state index contributed by atoms with van der Waals surface area (Å²) in [7, 11) is -3.74. The molecule has 0 atom stereocenters. The number of pyridine rings is 1. The molecular weight excluding hydrogens is 317 g/mol. The number of hydrogen-bond acceptors (Lipinski definition) is 3. The summed E-state index contributed by atoms with van der Waals surface area (Å²) in [5, 5.41) is 0. The topological polar surface area (TPSA) is 50.3 Å². The predicted molar refractivity (Wildman–Crippen MR) is 76.7 cm³/mol. The SMILES string of the molecule is CS(=O)(=O)N(Cc1cccnc1)c1cccc(C(F)(F)F)c1. The largest absolute Gasteiger partial charge is 0.416 e. The maximum absolute atomic E-state index is 12.8. The number of aromatic nitrogens is 1. The highest BCUT2D eigenvalue weighted by molar-refractivity contribution is 7.92. The van der Waals surface area contributed by atoms with Gasteiger partial charge in [0.05, 0.1) is 24.1 Å². The molecule has 0 unspecified atom stereocenters. The van der Waals surface area contributed by atoms with Gasteiger partial charge in [-0.2, -0.15) is 13.2 Å². The molecule has 0 saturated carbocycles. The van der Waals surface area contributed by atoms with Gasteiger partial charge in [0.2, 0.25) is 10.0 Å². The highest BCUT2D eigenvalue weighted by Crippen LogP contribution is 2.32. The molecule has 0 saturated heterocycles. The zero-order valence-electron chi connectivity index (χ0n) is 11.6. The van der Waals surface area contributed by atoms with E-state index in [9.17, 15) is 21.6 Å². The summed E-state index contributed by atoms with van der Waals surface area (Å²) in [6.45, 7) is -0.0893. The van der Waals surface area contributed by atoms with Crippen molar-refractivity contribution in [2.45, 2.75) is 12.7 Å². The van der Waals surface area contributed by atoms with Gasteiger partial charge in [-0.3, -0.25) is 9.29 Å². The van der Waals surface area contributed by atoms with Crippen molar-refractivity contribution >= 4 is 15.7 Å². The lowest BCUT2D eigenvalue weighted by molar-refractivity contribution is -0.137. The molecular formula is C14H13F3N2O2S. The molecule has 0 fully saturated rings. The number of hydrogen-bond donors (Lipinski definition) is 0. The summed E-state index contributed by atoms with van der Waals surface area (Å²) in [6.07, 6.45) is -0.596. The van der Waals surface area contributed by atoms with Crippen LogP contribution in [0.2, 0.25) is 0 Å². The number of sulfonamides is 1. The Bertz CT molecular complexity index is 746. The van der Waals surface area contributed by atoms with E-state index in [1.807, 2.05) is 0 Å². The van der Waals surface area contributed by atoms with Gasteiger partial charge < -0.3 is 0 Å². The lowest BCUT2D eigenvalue weighted by Crippen LogP contribution is -2.29. The van der Waals surface area contributed by atoms with Gasteiger partial charge in [0.15, 0.2) is 0 Å². The van der Waals surface area contributed by atoms with Crippen LogP contribution in [0, 0.1) is 0 Å². The highest BCUT2D eigenvalue weighted by atomic mass is 32.2. The zero-order chi connectivity index (χ0) is 16.4. The summed E-state index contributed by atoms with van der Waals surface area (Å²) in [5.74, 6) is 0. The van der Waals surface area contributed by atoms with E-state index in [1.54, 1.807) is 12.1 Å². The molecule has 118 valence electrons. The van der Waals surface area contributed by atoms with Crippen molar-refractivity contribution < 1.29 is 21.6 Å². The van der Waals surface area contributed by atoms with Gasteiger partial charge in [-0.1, -0.05) is 12.1 Å². The third-order valence-corrected chi connectivity index (χ3v) is 4.05. The molecule has 0 bridgehead atoms. The summed E-state index contributed by atoms with van der Waals surface area (Å²) in [6, 6.07) is 7.50. The monoisotopic (exact) mass is 330 g/mol. The van der Waals surface area contributed by atoms with Crippen LogP contribution in [-0.2, 0) is 22.7 Å². The van der Waals surface area contributed by atoms with Crippen LogP contribution in [-0.4, -0.2) is 19.7 Å². The van der Waals surface area contributed by atoms with E-state index in [1.165, 1.54) is 24.5 Å². The van der Waals surface area contributed by atoms with Gasteiger partial charge in [-0.25, -0.2) is 8.42 Å². The molecule has 0 spiro atoms. The first-order valence-corrected chi connectivity index (χ1v) is 8.06. The standard InChI is InChI=1S/C14H13F3N2O2S/c1-22(20,21)19(10-11-4-3-7-18-9-11)13-6-2-5-12(8-13)14(15,16)17/h2-9H,10H2,1H3. The number of halogens is 3. The Hall–Kier alpha value is -2.09. The van der Waals surface area contributed by atoms with Crippen molar-refractivity contribution in [3.05, 3.63) is 59.9 Å². The number of nitrogens with zero attached hydrogens (tertiary/aromatic N) is 2. The lowest BCUT2D eigenvalue weighted by Gasteiger charge is -2.23. The fraction of sp³-hybridized carbons (Fsp3) is 0.214. The number of benzene rings is 1. The van der Waals surface area contributed by atoms with Crippen LogP contribution in [0.25, 0.3) is 0 Å². The minimum absolute atomic E-state index is 0.0406. The van der Waals surface area contributed by atoms with E-state index in [-0.39, 0.29) is 12.2 Å². The first-order valence-electron chi connectivity index (χ1n) is 6.22. The second-order valence-electron chi connectivity index (χ2n) is 4.68. The van der Waals surface area contributed by atoms with Crippen molar-refractivity contribution in [2.75, 3.05) is 10.6 Å². The molecule has 2 aromatic rings. The fourth-order valence-corrected chi connectivity index (χ4v) is 2.77. The summed E-state index contributed by atoms with van der Waals surface area (Å²) >= 11 is 0. The molecule has 1 heterocycles. The van der Waals surface area contributed by atoms with Gasteiger partial charge in [-0.05, 0) is 29.8 Å². The molecule has 1 aromatic heterocycles. The normalized spacial score (nSPS) is 12.2. The Balaban J connectivity index is 2.43. The van der Waals surface area contributed by atoms with Gasteiger partial charge in [0.1, 0.15) is 0 Å². The minimum Gasteiger partial charge on any atom is -0.266 e. The zero-order valence-corrected chi connectivity index (χ0v) is 12.4. The first kappa shape index (κ1) is 16.3. The van der Waals surface area contributed by atoms with E-state index >= 15 is 0 Å². The fourth-order valence-electron chi connectivity index (χ4n) is 1.89. The minimum atomic E-state index is -4.53. The van der Waals surface area contributed by atoms with Gasteiger partial charge in [0.25, 0.3) is 0 Å². The molecule has 8 heteroatoms. The van der Waals surface area contributed by atoms with Crippen molar-refractivity contribution in [1.82, 2.24) is 4.98 Å². The van der Waals surface area contributed by atoms with Crippen LogP contribution in [0.3, 0.4) is 0 Å². The average Bonchev–Trinajstić information content (AvgIpc) is 2.44. The maximum atomic E-state index is 12.8. The van der Waals surface area contributed by atoms with Crippen molar-refractivity contribution in [1.29, 1.82) is 0 Å². The Morgan fingerprint density at radius 2 is 1.91 bits per heavy atom. The second-order valence-corrected chi connectivity index (χ2v) is 6.59. The summed E-state index contributed by atoms with van der Waals surface area (Å²) in [5.41, 5.74) is -0.364. The lowest BCUT2D eigenvalue weighted by atomic mass is 10.2. The molecule has 22 heavy (non-hydrogen) atoms.